The van der Waals surface area contributed by atoms with E-state index in [2.05, 4.69) is 6.92 Å². The van der Waals surface area contributed by atoms with Crippen LogP contribution in [0.5, 0.6) is 5.75 Å². The minimum Gasteiger partial charge on any atom is -0.495 e. The molecule has 1 fully saturated rings. The molecule has 2 rings (SSSR count). The van der Waals surface area contributed by atoms with E-state index in [-0.39, 0.29) is 23.6 Å². The van der Waals surface area contributed by atoms with Gasteiger partial charge < -0.3 is 14.9 Å². The number of aliphatic carboxylic acids is 1. The summed E-state index contributed by atoms with van der Waals surface area (Å²) < 4.78 is 32.6. The van der Waals surface area contributed by atoms with E-state index in [1.165, 1.54) is 20.1 Å². The molecule has 7 nitrogen and oxygen atoms in total. The van der Waals surface area contributed by atoms with E-state index in [4.69, 9.17) is 4.74 Å². The van der Waals surface area contributed by atoms with Crippen LogP contribution in [0.4, 0.5) is 0 Å². The molecule has 152 valence electrons. The van der Waals surface area contributed by atoms with Crippen molar-refractivity contribution in [1.29, 1.82) is 0 Å². The van der Waals surface area contributed by atoms with Gasteiger partial charge in [0.1, 0.15) is 10.6 Å². The lowest BCUT2D eigenvalue weighted by Gasteiger charge is -2.41. The minimum atomic E-state index is -4.14. The molecular formula is C19H29NO6S. The fourth-order valence-corrected chi connectivity index (χ4v) is 5.46. The summed E-state index contributed by atoms with van der Waals surface area (Å²) >= 11 is 0. The predicted octanol–water partition coefficient (Wildman–Crippen LogP) is 2.42. The average Bonchev–Trinajstić information content (AvgIpc) is 2.60. The molecule has 27 heavy (non-hydrogen) atoms. The molecule has 1 aromatic carbocycles. The number of carboxylic acid groups (broad SMARTS) is 1. The molecule has 0 amide bonds. The molecule has 1 aromatic rings. The van der Waals surface area contributed by atoms with Crippen molar-refractivity contribution in [2.24, 2.45) is 0 Å². The van der Waals surface area contributed by atoms with Crippen molar-refractivity contribution < 1.29 is 28.2 Å². The van der Waals surface area contributed by atoms with Crippen molar-refractivity contribution in [2.45, 2.75) is 68.9 Å². The molecule has 1 saturated heterocycles. The maximum Gasteiger partial charge on any atom is 0.325 e. The van der Waals surface area contributed by atoms with E-state index in [0.29, 0.717) is 6.42 Å². The van der Waals surface area contributed by atoms with Gasteiger partial charge in [-0.05, 0) is 50.3 Å². The third-order valence-corrected chi connectivity index (χ3v) is 6.96. The van der Waals surface area contributed by atoms with Crippen LogP contribution in [0, 0.1) is 0 Å². The standard InChI is InChI=1S/C19H29NO6S/c1-4-5-6-8-14-9-10-16(15(13-14)26-3)27(24,25)20-12-7-11-19(2,23)17(20)18(21)22/h9-10,13,17,23H,4-8,11-12H2,1-3H3,(H,21,22). The lowest BCUT2D eigenvalue weighted by atomic mass is 9.88. The van der Waals surface area contributed by atoms with Gasteiger partial charge in [-0.15, -0.1) is 0 Å². The zero-order valence-electron chi connectivity index (χ0n) is 16.1. The number of benzene rings is 1. The van der Waals surface area contributed by atoms with Gasteiger partial charge >= 0.3 is 5.97 Å². The molecule has 0 radical (unpaired) electrons. The van der Waals surface area contributed by atoms with Crippen LogP contribution in [0.15, 0.2) is 23.1 Å². The van der Waals surface area contributed by atoms with Gasteiger partial charge in [0.2, 0.25) is 10.0 Å². The fraction of sp³-hybridized carbons (Fsp3) is 0.632. The normalized spacial score (nSPS) is 23.9. The molecule has 2 atom stereocenters. The molecule has 0 saturated carbocycles. The van der Waals surface area contributed by atoms with Crippen molar-refractivity contribution in [3.63, 3.8) is 0 Å². The third-order valence-electron chi connectivity index (χ3n) is 5.06. The van der Waals surface area contributed by atoms with Gasteiger partial charge in [0.05, 0.1) is 12.7 Å². The Labute approximate surface area is 161 Å². The lowest BCUT2D eigenvalue weighted by molar-refractivity contribution is -0.153. The first kappa shape index (κ1) is 21.7. The summed E-state index contributed by atoms with van der Waals surface area (Å²) in [6.07, 6.45) is 4.61. The zero-order valence-corrected chi connectivity index (χ0v) is 17.0. The maximum absolute atomic E-state index is 13.2. The van der Waals surface area contributed by atoms with Gasteiger partial charge in [0, 0.05) is 6.54 Å². The highest BCUT2D eigenvalue weighted by Gasteiger charge is 2.49. The maximum atomic E-state index is 13.2. The van der Waals surface area contributed by atoms with E-state index in [9.17, 15) is 23.4 Å². The Balaban J connectivity index is 2.41. The number of hydrogen-bond acceptors (Lipinski definition) is 5. The van der Waals surface area contributed by atoms with Crippen LogP contribution in [-0.2, 0) is 21.2 Å². The molecule has 0 spiro atoms. The Morgan fingerprint density at radius 2 is 2.07 bits per heavy atom. The smallest absolute Gasteiger partial charge is 0.325 e. The Morgan fingerprint density at radius 3 is 2.67 bits per heavy atom. The summed E-state index contributed by atoms with van der Waals surface area (Å²) in [6.45, 7) is 3.51. The largest absolute Gasteiger partial charge is 0.495 e. The molecule has 8 heteroatoms. The van der Waals surface area contributed by atoms with Crippen LogP contribution in [0.25, 0.3) is 0 Å². The van der Waals surface area contributed by atoms with Gasteiger partial charge in [-0.3, -0.25) is 4.79 Å². The van der Waals surface area contributed by atoms with Gasteiger partial charge in [0.15, 0.2) is 6.04 Å². The molecule has 2 unspecified atom stereocenters. The number of carboxylic acids is 1. The van der Waals surface area contributed by atoms with E-state index >= 15 is 0 Å². The second kappa shape index (κ2) is 8.58. The first-order chi connectivity index (χ1) is 12.6. The monoisotopic (exact) mass is 399 g/mol. The molecule has 1 heterocycles. The molecule has 0 bridgehead atoms. The number of rotatable bonds is 8. The molecule has 0 aliphatic carbocycles. The first-order valence-electron chi connectivity index (χ1n) is 9.29. The quantitative estimate of drug-likeness (QED) is 0.651. The van der Waals surface area contributed by atoms with Crippen LogP contribution in [0.2, 0.25) is 0 Å². The first-order valence-corrected chi connectivity index (χ1v) is 10.7. The van der Waals surface area contributed by atoms with Gasteiger partial charge in [-0.25, -0.2) is 8.42 Å². The highest BCUT2D eigenvalue weighted by atomic mass is 32.2. The molecule has 1 aliphatic heterocycles. The lowest BCUT2D eigenvalue weighted by Crippen LogP contribution is -2.60. The summed E-state index contributed by atoms with van der Waals surface area (Å²) in [5.74, 6) is -1.17. The van der Waals surface area contributed by atoms with Crippen molar-refractivity contribution in [3.8, 4) is 5.75 Å². The number of hydrogen-bond donors (Lipinski definition) is 2. The fourth-order valence-electron chi connectivity index (χ4n) is 3.60. The summed E-state index contributed by atoms with van der Waals surface area (Å²) in [5, 5.41) is 20.0. The van der Waals surface area contributed by atoms with Gasteiger partial charge in [-0.2, -0.15) is 4.31 Å². The second-order valence-electron chi connectivity index (χ2n) is 7.26. The van der Waals surface area contributed by atoms with Crippen LogP contribution >= 0.6 is 0 Å². The van der Waals surface area contributed by atoms with Crippen LogP contribution in [0.3, 0.4) is 0 Å². The molecular weight excluding hydrogens is 370 g/mol. The number of piperidine rings is 1. The number of ether oxygens (including phenoxy) is 1. The van der Waals surface area contributed by atoms with E-state index < -0.39 is 27.6 Å². The summed E-state index contributed by atoms with van der Waals surface area (Å²) in [6, 6.07) is 3.37. The van der Waals surface area contributed by atoms with Gasteiger partial charge in [0.25, 0.3) is 0 Å². The highest BCUT2D eigenvalue weighted by molar-refractivity contribution is 7.89. The third kappa shape index (κ3) is 4.62. The minimum absolute atomic E-state index is 0.0385. The summed E-state index contributed by atoms with van der Waals surface area (Å²) in [7, 11) is -2.75. The van der Waals surface area contributed by atoms with Gasteiger partial charge in [-0.1, -0.05) is 25.8 Å². The zero-order chi connectivity index (χ0) is 20.2. The summed E-state index contributed by atoms with van der Waals surface area (Å²) in [5.41, 5.74) is -0.663. The number of nitrogens with zero attached hydrogens (tertiary/aromatic N) is 1. The number of carbonyl (C=O) groups is 1. The Morgan fingerprint density at radius 1 is 1.37 bits per heavy atom. The van der Waals surface area contributed by atoms with E-state index in [1.54, 1.807) is 12.1 Å². The molecule has 0 aromatic heterocycles. The molecule has 2 N–H and O–H groups in total. The topological polar surface area (TPSA) is 104 Å². The Hall–Kier alpha value is -1.64. The van der Waals surface area contributed by atoms with Crippen LogP contribution in [-0.4, -0.2) is 54.2 Å². The highest BCUT2D eigenvalue weighted by Crippen LogP contribution is 2.35. The van der Waals surface area contributed by atoms with Crippen molar-refractivity contribution in [2.75, 3.05) is 13.7 Å². The van der Waals surface area contributed by atoms with Crippen molar-refractivity contribution in [1.82, 2.24) is 4.31 Å². The predicted molar refractivity (Wildman–Crippen MR) is 101 cm³/mol. The number of aliphatic hydroxyl groups is 1. The number of aryl methyl sites for hydroxylation is 1. The Kier molecular flexibility index (Phi) is 6.88. The van der Waals surface area contributed by atoms with Crippen molar-refractivity contribution >= 4 is 16.0 Å². The SMILES string of the molecule is CCCCCc1ccc(S(=O)(=O)N2CCCC(C)(O)C2C(=O)O)c(OC)c1. The van der Waals surface area contributed by atoms with Crippen molar-refractivity contribution in [3.05, 3.63) is 23.8 Å². The second-order valence-corrected chi connectivity index (χ2v) is 9.12. The average molecular weight is 400 g/mol. The number of sulfonamides is 1. The summed E-state index contributed by atoms with van der Waals surface area (Å²) in [4.78, 5) is 11.6. The van der Waals surface area contributed by atoms with E-state index in [0.717, 1.165) is 35.6 Å². The number of methoxy groups -OCH3 is 1. The van der Waals surface area contributed by atoms with Crippen LogP contribution in [0.1, 0.15) is 51.5 Å². The number of unbranched alkanes of at least 4 members (excludes halogenated alkanes) is 2. The molecule has 1 aliphatic rings. The Bertz CT molecular complexity index is 774. The van der Waals surface area contributed by atoms with Crippen LogP contribution < -0.4 is 4.74 Å². The van der Waals surface area contributed by atoms with E-state index in [1.807, 2.05) is 0 Å².